The maximum atomic E-state index is 11.5. The molecule has 1 aromatic heterocycles. The number of carbonyl (C=O) groups excluding carboxylic acids is 1. The number of rotatable bonds is 3. The molecule has 4 N–H and O–H groups in total. The Labute approximate surface area is 82.1 Å². The van der Waals surface area contributed by atoms with Crippen LogP contribution >= 0.6 is 0 Å². The van der Waals surface area contributed by atoms with E-state index in [-0.39, 0.29) is 17.8 Å². The molecule has 0 fully saturated rings. The Morgan fingerprint density at radius 2 is 2.64 bits per heavy atom. The van der Waals surface area contributed by atoms with Crippen molar-refractivity contribution in [1.82, 2.24) is 15.5 Å². The summed E-state index contributed by atoms with van der Waals surface area (Å²) in [5.41, 5.74) is 5.67. The van der Waals surface area contributed by atoms with E-state index in [0.717, 1.165) is 0 Å². The largest absolute Gasteiger partial charge is 0.382 e. The van der Waals surface area contributed by atoms with E-state index in [1.165, 1.54) is 6.07 Å². The number of H-pyrrole nitrogens is 1. The fourth-order valence-electron chi connectivity index (χ4n) is 0.951. The molecule has 5 heteroatoms. The number of carbonyl (C=O) groups is 1. The molecule has 1 rings (SSSR count). The summed E-state index contributed by atoms with van der Waals surface area (Å²) in [6.45, 7) is 1.89. The lowest BCUT2D eigenvalue weighted by atomic mass is 10.2. The van der Waals surface area contributed by atoms with Crippen LogP contribution in [0, 0.1) is 12.3 Å². The molecule has 0 aliphatic carbocycles. The van der Waals surface area contributed by atoms with E-state index in [4.69, 9.17) is 12.2 Å². The summed E-state index contributed by atoms with van der Waals surface area (Å²) in [6.07, 6.45) is 5.89. The third kappa shape index (κ3) is 2.26. The number of nitrogens with zero attached hydrogens (tertiary/aromatic N) is 1. The summed E-state index contributed by atoms with van der Waals surface area (Å²) < 4.78 is 0. The van der Waals surface area contributed by atoms with Crippen molar-refractivity contribution in [2.24, 2.45) is 0 Å². The van der Waals surface area contributed by atoms with Gasteiger partial charge in [-0.3, -0.25) is 9.89 Å². The smallest absolute Gasteiger partial charge is 0.270 e. The zero-order chi connectivity index (χ0) is 10.6. The summed E-state index contributed by atoms with van der Waals surface area (Å²) in [5, 5.41) is 8.78. The zero-order valence-electron chi connectivity index (χ0n) is 7.87. The highest BCUT2D eigenvalue weighted by Gasteiger charge is 2.11. The monoisotopic (exact) mass is 192 g/mol. The van der Waals surface area contributed by atoms with E-state index >= 15 is 0 Å². The highest BCUT2D eigenvalue weighted by Crippen LogP contribution is 2.00. The zero-order valence-corrected chi connectivity index (χ0v) is 7.87. The molecule has 1 aromatic rings. The first kappa shape index (κ1) is 10.1. The van der Waals surface area contributed by atoms with Crippen LogP contribution in [0.15, 0.2) is 6.07 Å². The molecule has 14 heavy (non-hydrogen) atoms. The number of anilines is 1. The number of nitrogen functional groups attached to an aromatic ring is 1. The van der Waals surface area contributed by atoms with Crippen molar-refractivity contribution in [3.05, 3.63) is 11.8 Å². The van der Waals surface area contributed by atoms with Crippen LogP contribution in [-0.4, -0.2) is 22.1 Å². The van der Waals surface area contributed by atoms with Crippen LogP contribution in [-0.2, 0) is 0 Å². The summed E-state index contributed by atoms with van der Waals surface area (Å²) in [5.74, 6) is 2.45. The van der Waals surface area contributed by atoms with Gasteiger partial charge in [0.15, 0.2) is 0 Å². The second-order valence-corrected chi connectivity index (χ2v) is 2.81. The highest BCUT2D eigenvalue weighted by atomic mass is 16.2. The first-order valence-electron chi connectivity index (χ1n) is 4.25. The molecule has 0 radical (unpaired) electrons. The maximum Gasteiger partial charge on any atom is 0.270 e. The first-order valence-corrected chi connectivity index (χ1v) is 4.25. The average Bonchev–Trinajstić information content (AvgIpc) is 2.61. The van der Waals surface area contributed by atoms with Crippen LogP contribution in [0.25, 0.3) is 0 Å². The molecule has 74 valence electrons. The maximum absolute atomic E-state index is 11.5. The van der Waals surface area contributed by atoms with E-state index in [9.17, 15) is 4.79 Å². The molecule has 0 saturated carbocycles. The Kier molecular flexibility index (Phi) is 3.13. The number of aromatic amines is 1. The van der Waals surface area contributed by atoms with Gasteiger partial charge < -0.3 is 11.1 Å². The number of terminal acetylenes is 1. The van der Waals surface area contributed by atoms with Gasteiger partial charge in [-0.05, 0) is 6.42 Å². The van der Waals surface area contributed by atoms with Gasteiger partial charge in [-0.1, -0.05) is 12.8 Å². The second kappa shape index (κ2) is 4.33. The molecule has 0 bridgehead atoms. The van der Waals surface area contributed by atoms with Crippen LogP contribution < -0.4 is 11.1 Å². The topological polar surface area (TPSA) is 83.8 Å². The third-order valence-electron chi connectivity index (χ3n) is 1.76. The third-order valence-corrected chi connectivity index (χ3v) is 1.76. The fourth-order valence-corrected chi connectivity index (χ4v) is 0.951. The molecule has 1 heterocycles. The van der Waals surface area contributed by atoms with Gasteiger partial charge in [0.25, 0.3) is 5.91 Å². The van der Waals surface area contributed by atoms with Crippen molar-refractivity contribution < 1.29 is 4.79 Å². The summed E-state index contributed by atoms with van der Waals surface area (Å²) in [6, 6.07) is 1.20. The van der Waals surface area contributed by atoms with E-state index in [2.05, 4.69) is 21.4 Å². The predicted octanol–water partition coefficient (Wildman–Crippen LogP) is 0.133. The minimum Gasteiger partial charge on any atom is -0.382 e. The number of amides is 1. The molecule has 0 aliphatic rings. The molecular formula is C9H12N4O. The average molecular weight is 192 g/mol. The normalized spacial score (nSPS) is 11.7. The molecule has 1 atom stereocenters. The Morgan fingerprint density at radius 1 is 1.93 bits per heavy atom. The van der Waals surface area contributed by atoms with Crippen LogP contribution in [0.2, 0.25) is 0 Å². The SMILES string of the molecule is C#CC(CC)NC(=O)c1cc(N)n[nH]1. The van der Waals surface area contributed by atoms with E-state index in [0.29, 0.717) is 12.1 Å². The van der Waals surface area contributed by atoms with Gasteiger partial charge in [-0.25, -0.2) is 0 Å². The molecule has 1 unspecified atom stereocenters. The van der Waals surface area contributed by atoms with Gasteiger partial charge in [-0.2, -0.15) is 5.10 Å². The molecule has 0 spiro atoms. The van der Waals surface area contributed by atoms with Gasteiger partial charge in [0.2, 0.25) is 0 Å². The van der Waals surface area contributed by atoms with Crippen molar-refractivity contribution in [2.45, 2.75) is 19.4 Å². The standard InChI is InChI=1S/C9H12N4O/c1-3-6(4-2)11-9(14)7-5-8(10)13-12-7/h1,5-6H,4H2,2H3,(H,11,14)(H3,10,12,13). The summed E-state index contributed by atoms with van der Waals surface area (Å²) >= 11 is 0. The quantitative estimate of drug-likeness (QED) is 0.595. The Balaban J connectivity index is 2.64. The van der Waals surface area contributed by atoms with Crippen LogP contribution in [0.4, 0.5) is 5.82 Å². The van der Waals surface area contributed by atoms with Gasteiger partial charge in [-0.15, -0.1) is 6.42 Å². The molecule has 1 amide bonds. The Bertz CT molecular complexity index is 363. The van der Waals surface area contributed by atoms with Crippen molar-refractivity contribution >= 4 is 11.7 Å². The van der Waals surface area contributed by atoms with Crippen molar-refractivity contribution in [3.8, 4) is 12.3 Å². The highest BCUT2D eigenvalue weighted by molar-refractivity contribution is 5.93. The number of nitrogens with one attached hydrogen (secondary N) is 2. The molecule has 0 aromatic carbocycles. The van der Waals surface area contributed by atoms with Crippen molar-refractivity contribution in [1.29, 1.82) is 0 Å². The van der Waals surface area contributed by atoms with Gasteiger partial charge >= 0.3 is 0 Å². The second-order valence-electron chi connectivity index (χ2n) is 2.81. The van der Waals surface area contributed by atoms with Crippen molar-refractivity contribution in [3.63, 3.8) is 0 Å². The van der Waals surface area contributed by atoms with E-state index in [1.54, 1.807) is 0 Å². The molecular weight excluding hydrogens is 180 g/mol. The lowest BCUT2D eigenvalue weighted by Gasteiger charge is -2.08. The molecule has 0 aliphatic heterocycles. The van der Waals surface area contributed by atoms with Crippen LogP contribution in [0.5, 0.6) is 0 Å². The number of hydrogen-bond acceptors (Lipinski definition) is 3. The lowest BCUT2D eigenvalue weighted by Crippen LogP contribution is -2.33. The lowest BCUT2D eigenvalue weighted by molar-refractivity contribution is 0.0940. The minimum absolute atomic E-state index is 0.257. The van der Waals surface area contributed by atoms with Crippen LogP contribution in [0.1, 0.15) is 23.8 Å². The van der Waals surface area contributed by atoms with Crippen LogP contribution in [0.3, 0.4) is 0 Å². The van der Waals surface area contributed by atoms with Gasteiger partial charge in [0.05, 0.1) is 6.04 Å². The van der Waals surface area contributed by atoms with Crippen molar-refractivity contribution in [2.75, 3.05) is 5.73 Å². The fraction of sp³-hybridized carbons (Fsp3) is 0.333. The molecule has 5 nitrogen and oxygen atoms in total. The number of nitrogens with two attached hydrogens (primary N) is 1. The number of hydrogen-bond donors (Lipinski definition) is 3. The van der Waals surface area contributed by atoms with Gasteiger partial charge in [0, 0.05) is 6.07 Å². The van der Waals surface area contributed by atoms with E-state index < -0.39 is 0 Å². The number of aromatic nitrogens is 2. The first-order chi connectivity index (χ1) is 6.67. The molecule has 0 saturated heterocycles. The predicted molar refractivity (Wildman–Crippen MR) is 53.4 cm³/mol. The van der Waals surface area contributed by atoms with E-state index in [1.807, 2.05) is 6.92 Å². The Morgan fingerprint density at radius 3 is 3.07 bits per heavy atom. The minimum atomic E-state index is -0.293. The summed E-state index contributed by atoms with van der Waals surface area (Å²) in [4.78, 5) is 11.5. The Hall–Kier alpha value is -1.96. The van der Waals surface area contributed by atoms with Gasteiger partial charge in [0.1, 0.15) is 11.5 Å². The summed E-state index contributed by atoms with van der Waals surface area (Å²) in [7, 11) is 0.